The number of H-pyrrole nitrogens is 1. The molecule has 0 saturated heterocycles. The number of nitrogens with one attached hydrogen (secondary N) is 2. The topological polar surface area (TPSA) is 105 Å². The van der Waals surface area contributed by atoms with Crippen molar-refractivity contribution in [2.24, 2.45) is 5.92 Å². The van der Waals surface area contributed by atoms with Crippen LogP contribution in [-0.2, 0) is 17.8 Å². The summed E-state index contributed by atoms with van der Waals surface area (Å²) < 4.78 is 2.17. The van der Waals surface area contributed by atoms with Crippen LogP contribution in [0.4, 0.5) is 11.5 Å². The summed E-state index contributed by atoms with van der Waals surface area (Å²) in [6.45, 7) is 4.33. The summed E-state index contributed by atoms with van der Waals surface area (Å²) in [6, 6.07) is 8.44. The Morgan fingerprint density at radius 2 is 2.18 bits per heavy atom. The van der Waals surface area contributed by atoms with Gasteiger partial charge in [0.25, 0.3) is 0 Å². The SMILES string of the molecule is Cc1cn2c(n1)CC(C(=O)NCCC1CN(c3ncnc4[nH]ncc34)c3ccccc31)CC2. The number of hydrogen-bond acceptors (Lipinski definition) is 6. The molecule has 5 heterocycles. The number of anilines is 2. The number of carbonyl (C=O) groups excluding carboxylic acids is 1. The first-order valence-corrected chi connectivity index (χ1v) is 11.5. The molecule has 0 bridgehead atoms. The van der Waals surface area contributed by atoms with Gasteiger partial charge in [0, 0.05) is 49.8 Å². The van der Waals surface area contributed by atoms with E-state index in [4.69, 9.17) is 0 Å². The van der Waals surface area contributed by atoms with E-state index in [1.165, 1.54) is 5.56 Å². The molecule has 9 heteroatoms. The van der Waals surface area contributed by atoms with Gasteiger partial charge in [-0.05, 0) is 31.4 Å². The maximum Gasteiger partial charge on any atom is 0.223 e. The number of rotatable bonds is 5. The Labute approximate surface area is 191 Å². The van der Waals surface area contributed by atoms with E-state index in [-0.39, 0.29) is 11.8 Å². The van der Waals surface area contributed by atoms with Crippen LogP contribution in [0.1, 0.15) is 35.8 Å². The molecule has 1 aromatic carbocycles. The molecule has 0 aliphatic carbocycles. The Morgan fingerprint density at radius 3 is 3.12 bits per heavy atom. The number of aromatic amines is 1. The number of nitrogens with zero attached hydrogens (tertiary/aromatic N) is 6. The first-order valence-electron chi connectivity index (χ1n) is 11.5. The third kappa shape index (κ3) is 3.53. The minimum absolute atomic E-state index is 0.00190. The van der Waals surface area contributed by atoms with Gasteiger partial charge in [0.05, 0.1) is 17.3 Å². The summed E-state index contributed by atoms with van der Waals surface area (Å²) in [5, 5.41) is 11.2. The number of benzene rings is 1. The predicted molar refractivity (Wildman–Crippen MR) is 124 cm³/mol. The van der Waals surface area contributed by atoms with E-state index in [1.807, 2.05) is 6.92 Å². The van der Waals surface area contributed by atoms with E-state index in [9.17, 15) is 4.79 Å². The van der Waals surface area contributed by atoms with Gasteiger partial charge in [-0.3, -0.25) is 9.89 Å². The zero-order chi connectivity index (χ0) is 22.4. The minimum Gasteiger partial charge on any atom is -0.356 e. The van der Waals surface area contributed by atoms with Crippen LogP contribution in [0.5, 0.6) is 0 Å². The molecule has 9 nitrogen and oxygen atoms in total. The third-order valence-corrected chi connectivity index (χ3v) is 6.84. The van der Waals surface area contributed by atoms with Crippen LogP contribution in [0.15, 0.2) is 43.0 Å². The molecule has 3 aromatic heterocycles. The number of aromatic nitrogens is 6. The van der Waals surface area contributed by atoms with Gasteiger partial charge in [-0.1, -0.05) is 18.2 Å². The molecule has 4 aromatic rings. The standard InChI is InChI=1S/C24H26N8O/c1-15-12-31-9-7-16(10-21(31)29-15)24(33)25-8-6-17-13-32(20-5-3-2-4-18(17)20)23-19-11-28-30-22(19)26-14-27-23/h2-5,11-12,14,16-17H,6-10,13H2,1H3,(H,25,33)(H,26,27,28,30). The lowest BCUT2D eigenvalue weighted by molar-refractivity contribution is -0.125. The summed E-state index contributed by atoms with van der Waals surface area (Å²) in [7, 11) is 0. The smallest absolute Gasteiger partial charge is 0.223 e. The Morgan fingerprint density at radius 1 is 1.27 bits per heavy atom. The van der Waals surface area contributed by atoms with Crippen molar-refractivity contribution in [1.82, 2.24) is 35.0 Å². The van der Waals surface area contributed by atoms with Crippen LogP contribution in [0.2, 0.25) is 0 Å². The van der Waals surface area contributed by atoms with Crippen LogP contribution in [-0.4, -0.2) is 48.7 Å². The van der Waals surface area contributed by atoms with E-state index >= 15 is 0 Å². The first kappa shape index (κ1) is 19.9. The summed E-state index contributed by atoms with van der Waals surface area (Å²) in [6.07, 6.45) is 7.87. The van der Waals surface area contributed by atoms with E-state index in [0.717, 1.165) is 60.0 Å². The summed E-state index contributed by atoms with van der Waals surface area (Å²) >= 11 is 0. The summed E-state index contributed by atoms with van der Waals surface area (Å²) in [5.41, 5.74) is 4.20. The second kappa shape index (κ2) is 7.99. The summed E-state index contributed by atoms with van der Waals surface area (Å²) in [5.74, 6) is 2.34. The maximum atomic E-state index is 12.9. The molecule has 0 spiro atoms. The molecular weight excluding hydrogens is 416 g/mol. The first-order chi connectivity index (χ1) is 16.2. The molecule has 2 aliphatic heterocycles. The van der Waals surface area contributed by atoms with Gasteiger partial charge in [-0.15, -0.1) is 0 Å². The Bertz CT molecular complexity index is 1330. The second-order valence-electron chi connectivity index (χ2n) is 8.96. The highest BCUT2D eigenvalue weighted by molar-refractivity contribution is 5.90. The Kier molecular flexibility index (Phi) is 4.82. The van der Waals surface area contributed by atoms with Crippen molar-refractivity contribution in [2.45, 2.75) is 38.6 Å². The van der Waals surface area contributed by atoms with Crippen molar-refractivity contribution in [2.75, 3.05) is 18.0 Å². The lowest BCUT2D eigenvalue weighted by atomic mass is 9.96. The number of para-hydroxylation sites is 1. The highest BCUT2D eigenvalue weighted by Crippen LogP contribution is 2.42. The van der Waals surface area contributed by atoms with E-state index in [0.29, 0.717) is 18.9 Å². The highest BCUT2D eigenvalue weighted by atomic mass is 16.1. The van der Waals surface area contributed by atoms with Crippen molar-refractivity contribution in [3.05, 3.63) is 60.1 Å². The molecular formula is C24H26N8O. The van der Waals surface area contributed by atoms with Crippen LogP contribution < -0.4 is 10.2 Å². The minimum atomic E-state index is 0.00190. The molecule has 2 atom stereocenters. The molecule has 0 fully saturated rings. The van der Waals surface area contributed by atoms with Crippen molar-refractivity contribution in [3.8, 4) is 0 Å². The van der Waals surface area contributed by atoms with Crippen LogP contribution >= 0.6 is 0 Å². The van der Waals surface area contributed by atoms with E-state index in [2.05, 4.69) is 70.4 Å². The number of imidazole rings is 1. The third-order valence-electron chi connectivity index (χ3n) is 6.84. The molecule has 168 valence electrons. The van der Waals surface area contributed by atoms with Crippen molar-refractivity contribution in [1.29, 1.82) is 0 Å². The monoisotopic (exact) mass is 442 g/mol. The molecule has 2 aliphatic rings. The van der Waals surface area contributed by atoms with E-state index < -0.39 is 0 Å². The molecule has 33 heavy (non-hydrogen) atoms. The lowest BCUT2D eigenvalue weighted by Crippen LogP contribution is -2.36. The average molecular weight is 443 g/mol. The lowest BCUT2D eigenvalue weighted by Gasteiger charge is -2.23. The molecule has 0 radical (unpaired) electrons. The largest absolute Gasteiger partial charge is 0.356 e. The number of aryl methyl sites for hydroxylation is 2. The Hall–Kier alpha value is -3.75. The normalized spacial score (nSPS) is 19.5. The number of hydrogen-bond donors (Lipinski definition) is 2. The molecule has 6 rings (SSSR count). The van der Waals surface area contributed by atoms with Gasteiger partial charge >= 0.3 is 0 Å². The maximum absolute atomic E-state index is 12.9. The fourth-order valence-electron chi connectivity index (χ4n) is 5.22. The summed E-state index contributed by atoms with van der Waals surface area (Å²) in [4.78, 5) is 28.5. The Balaban J connectivity index is 1.13. The number of fused-ring (bicyclic) bond motifs is 3. The van der Waals surface area contributed by atoms with Crippen molar-refractivity contribution in [3.63, 3.8) is 0 Å². The van der Waals surface area contributed by atoms with Crippen LogP contribution in [0.25, 0.3) is 11.0 Å². The zero-order valence-electron chi connectivity index (χ0n) is 18.5. The number of carbonyl (C=O) groups is 1. The van der Waals surface area contributed by atoms with Gasteiger partial charge in [-0.2, -0.15) is 5.10 Å². The van der Waals surface area contributed by atoms with Gasteiger partial charge < -0.3 is 14.8 Å². The quantitative estimate of drug-likeness (QED) is 0.493. The van der Waals surface area contributed by atoms with E-state index in [1.54, 1.807) is 12.5 Å². The molecule has 2 unspecified atom stereocenters. The van der Waals surface area contributed by atoms with Gasteiger partial charge in [0.15, 0.2) is 5.65 Å². The van der Waals surface area contributed by atoms with Gasteiger partial charge in [-0.25, -0.2) is 15.0 Å². The highest BCUT2D eigenvalue weighted by Gasteiger charge is 2.31. The van der Waals surface area contributed by atoms with Crippen molar-refractivity contribution >= 4 is 28.4 Å². The van der Waals surface area contributed by atoms with Gasteiger partial charge in [0.1, 0.15) is 18.0 Å². The van der Waals surface area contributed by atoms with Crippen molar-refractivity contribution < 1.29 is 4.79 Å². The van der Waals surface area contributed by atoms with Crippen LogP contribution in [0, 0.1) is 12.8 Å². The molecule has 2 N–H and O–H groups in total. The molecule has 0 saturated carbocycles. The van der Waals surface area contributed by atoms with Gasteiger partial charge in [0.2, 0.25) is 5.91 Å². The van der Waals surface area contributed by atoms with Crippen LogP contribution in [0.3, 0.4) is 0 Å². The number of amides is 1. The molecule has 1 amide bonds. The zero-order valence-corrected chi connectivity index (χ0v) is 18.5. The fourth-order valence-corrected chi connectivity index (χ4v) is 5.22. The second-order valence-corrected chi connectivity index (χ2v) is 8.96. The average Bonchev–Trinajstić information content (AvgIpc) is 3.54. The fraction of sp³-hybridized carbons (Fsp3) is 0.375. The predicted octanol–water partition coefficient (Wildman–Crippen LogP) is 2.86.